The molecule has 4 rings (SSSR count). The highest BCUT2D eigenvalue weighted by atomic mass is 35.5. The molecule has 0 radical (unpaired) electrons. The number of thiophene rings is 1. The minimum atomic E-state index is 0. The maximum Gasteiger partial charge on any atom is 0.231 e. The molecular weight excluding hydrogens is 328 g/mol. The fraction of sp³-hybridized carbons (Fsp3) is 0.389. The molecule has 23 heavy (non-hydrogen) atoms. The minimum Gasteiger partial charge on any atom is -0.326 e. The molecule has 122 valence electrons. The topological polar surface area (TPSA) is 41.1 Å². The third kappa shape index (κ3) is 3.30. The van der Waals surface area contributed by atoms with Gasteiger partial charge >= 0.3 is 0 Å². The number of amides is 1. The molecular formula is C18H21ClN2OS. The van der Waals surface area contributed by atoms with E-state index in [1.54, 1.807) is 11.3 Å². The molecule has 1 aromatic carbocycles. The highest BCUT2D eigenvalue weighted by Gasteiger charge is 2.27. The Bertz CT molecular complexity index is 713. The lowest BCUT2D eigenvalue weighted by Crippen LogP contribution is -2.25. The van der Waals surface area contributed by atoms with E-state index >= 15 is 0 Å². The Balaban J connectivity index is 0.00000156. The Morgan fingerprint density at radius 3 is 3.04 bits per heavy atom. The Morgan fingerprint density at radius 1 is 1.22 bits per heavy atom. The maximum atomic E-state index is 12.7. The number of anilines is 1. The Hall–Kier alpha value is -1.36. The molecule has 1 aliphatic carbocycles. The molecule has 2 heterocycles. The van der Waals surface area contributed by atoms with Crippen LogP contribution in [0.1, 0.15) is 40.3 Å². The lowest BCUT2D eigenvalue weighted by Gasteiger charge is -2.23. The average molecular weight is 349 g/mol. The SMILES string of the molecule is Cl.O=C(Nc1ccc2c(c1)CNCC2)C1CCCc2sccc21. The summed E-state index contributed by atoms with van der Waals surface area (Å²) in [5, 5.41) is 8.63. The van der Waals surface area contributed by atoms with E-state index in [0.29, 0.717) is 0 Å². The number of fused-ring (bicyclic) bond motifs is 2. The van der Waals surface area contributed by atoms with Crippen LogP contribution in [-0.2, 0) is 24.2 Å². The standard InChI is InChI=1S/C18H20N2OS.ClH/c21-18(16-2-1-3-17-15(16)7-9-22-17)20-14-5-4-12-6-8-19-11-13(12)10-14;/h4-5,7,9-10,16,19H,1-3,6,8,11H2,(H,20,21);1H. The van der Waals surface area contributed by atoms with E-state index < -0.39 is 0 Å². The van der Waals surface area contributed by atoms with Crippen molar-refractivity contribution in [3.05, 3.63) is 51.2 Å². The van der Waals surface area contributed by atoms with Gasteiger partial charge in [0.25, 0.3) is 0 Å². The molecule has 5 heteroatoms. The highest BCUT2D eigenvalue weighted by Crippen LogP contribution is 2.35. The summed E-state index contributed by atoms with van der Waals surface area (Å²) in [5.74, 6) is 0.159. The molecule has 0 spiro atoms. The number of aryl methyl sites for hydroxylation is 1. The van der Waals surface area contributed by atoms with Gasteiger partial charge in [0.05, 0.1) is 5.92 Å². The smallest absolute Gasteiger partial charge is 0.231 e. The summed E-state index contributed by atoms with van der Waals surface area (Å²) in [4.78, 5) is 14.1. The molecule has 3 nitrogen and oxygen atoms in total. The van der Waals surface area contributed by atoms with Crippen LogP contribution in [0.4, 0.5) is 5.69 Å². The van der Waals surface area contributed by atoms with Gasteiger partial charge in [-0.15, -0.1) is 23.7 Å². The molecule has 1 amide bonds. The van der Waals surface area contributed by atoms with Crippen LogP contribution < -0.4 is 10.6 Å². The van der Waals surface area contributed by atoms with Crippen LogP contribution in [0.15, 0.2) is 29.6 Å². The van der Waals surface area contributed by atoms with Crippen molar-refractivity contribution in [2.75, 3.05) is 11.9 Å². The van der Waals surface area contributed by atoms with Crippen LogP contribution in [0, 0.1) is 0 Å². The van der Waals surface area contributed by atoms with E-state index in [0.717, 1.165) is 44.5 Å². The monoisotopic (exact) mass is 348 g/mol. The van der Waals surface area contributed by atoms with E-state index in [4.69, 9.17) is 0 Å². The first-order valence-electron chi connectivity index (χ1n) is 8.01. The number of hydrogen-bond donors (Lipinski definition) is 2. The van der Waals surface area contributed by atoms with Crippen LogP contribution in [0.2, 0.25) is 0 Å². The van der Waals surface area contributed by atoms with Crippen LogP contribution in [0.5, 0.6) is 0 Å². The van der Waals surface area contributed by atoms with E-state index in [2.05, 4.69) is 34.2 Å². The average Bonchev–Trinajstić information content (AvgIpc) is 3.03. The number of benzene rings is 1. The van der Waals surface area contributed by atoms with Gasteiger partial charge in [-0.05, 0) is 72.5 Å². The quantitative estimate of drug-likeness (QED) is 0.864. The zero-order valence-electron chi connectivity index (χ0n) is 12.9. The van der Waals surface area contributed by atoms with Gasteiger partial charge in [0, 0.05) is 17.1 Å². The van der Waals surface area contributed by atoms with Gasteiger partial charge in [0.15, 0.2) is 0 Å². The Kier molecular flexibility index (Phi) is 5.05. The van der Waals surface area contributed by atoms with Crippen molar-refractivity contribution in [3.8, 4) is 0 Å². The normalized spacial score (nSPS) is 19.2. The van der Waals surface area contributed by atoms with E-state index in [1.807, 2.05) is 6.07 Å². The van der Waals surface area contributed by atoms with Crippen molar-refractivity contribution < 1.29 is 4.79 Å². The van der Waals surface area contributed by atoms with Crippen molar-refractivity contribution in [3.63, 3.8) is 0 Å². The van der Waals surface area contributed by atoms with E-state index in [1.165, 1.54) is 21.6 Å². The van der Waals surface area contributed by atoms with Gasteiger partial charge in [-0.3, -0.25) is 4.79 Å². The minimum absolute atomic E-state index is 0. The number of carbonyl (C=O) groups excluding carboxylic acids is 1. The molecule has 0 bridgehead atoms. The second-order valence-corrected chi connectivity index (χ2v) is 7.14. The van der Waals surface area contributed by atoms with Crippen LogP contribution >= 0.6 is 23.7 Å². The summed E-state index contributed by atoms with van der Waals surface area (Å²) in [7, 11) is 0. The molecule has 1 unspecified atom stereocenters. The summed E-state index contributed by atoms with van der Waals surface area (Å²) >= 11 is 1.78. The van der Waals surface area contributed by atoms with Gasteiger partial charge in [0.2, 0.25) is 5.91 Å². The van der Waals surface area contributed by atoms with Crippen LogP contribution in [0.3, 0.4) is 0 Å². The molecule has 0 fully saturated rings. The summed E-state index contributed by atoms with van der Waals surface area (Å²) in [6.45, 7) is 1.94. The largest absolute Gasteiger partial charge is 0.326 e. The summed E-state index contributed by atoms with van der Waals surface area (Å²) in [6.07, 6.45) is 4.27. The second kappa shape index (κ2) is 7.04. The lowest BCUT2D eigenvalue weighted by atomic mass is 9.87. The first-order chi connectivity index (χ1) is 10.8. The van der Waals surface area contributed by atoms with Gasteiger partial charge in [0.1, 0.15) is 0 Å². The van der Waals surface area contributed by atoms with E-state index in [9.17, 15) is 4.79 Å². The number of hydrogen-bond acceptors (Lipinski definition) is 3. The van der Waals surface area contributed by atoms with Crippen LogP contribution in [0.25, 0.3) is 0 Å². The zero-order chi connectivity index (χ0) is 14.9. The fourth-order valence-electron chi connectivity index (χ4n) is 3.55. The number of rotatable bonds is 2. The first-order valence-corrected chi connectivity index (χ1v) is 8.89. The predicted molar refractivity (Wildman–Crippen MR) is 97.7 cm³/mol. The summed E-state index contributed by atoms with van der Waals surface area (Å²) < 4.78 is 0. The van der Waals surface area contributed by atoms with Crippen molar-refractivity contribution in [2.24, 2.45) is 0 Å². The van der Waals surface area contributed by atoms with Crippen molar-refractivity contribution >= 4 is 35.3 Å². The van der Waals surface area contributed by atoms with Crippen molar-refractivity contribution in [1.82, 2.24) is 5.32 Å². The van der Waals surface area contributed by atoms with Gasteiger partial charge < -0.3 is 10.6 Å². The number of carbonyl (C=O) groups is 1. The third-order valence-corrected chi connectivity index (χ3v) is 5.73. The van der Waals surface area contributed by atoms with Crippen molar-refractivity contribution in [2.45, 2.75) is 38.1 Å². The molecule has 2 aromatic rings. The second-order valence-electron chi connectivity index (χ2n) is 6.14. The molecule has 0 saturated carbocycles. The molecule has 1 aliphatic heterocycles. The molecule has 0 saturated heterocycles. The Labute approximate surface area is 146 Å². The fourth-order valence-corrected chi connectivity index (χ4v) is 4.53. The third-order valence-electron chi connectivity index (χ3n) is 4.73. The Morgan fingerprint density at radius 2 is 2.13 bits per heavy atom. The van der Waals surface area contributed by atoms with E-state index in [-0.39, 0.29) is 24.2 Å². The number of nitrogens with one attached hydrogen (secondary N) is 2. The van der Waals surface area contributed by atoms with Crippen molar-refractivity contribution in [1.29, 1.82) is 0 Å². The van der Waals surface area contributed by atoms with Gasteiger partial charge in [-0.1, -0.05) is 6.07 Å². The molecule has 1 aromatic heterocycles. The highest BCUT2D eigenvalue weighted by molar-refractivity contribution is 7.10. The number of halogens is 1. The van der Waals surface area contributed by atoms with Crippen LogP contribution in [-0.4, -0.2) is 12.5 Å². The first kappa shape index (κ1) is 16.5. The summed E-state index contributed by atoms with van der Waals surface area (Å²) in [5.41, 5.74) is 4.88. The molecule has 2 aliphatic rings. The zero-order valence-corrected chi connectivity index (χ0v) is 14.6. The summed E-state index contributed by atoms with van der Waals surface area (Å²) in [6, 6.07) is 8.44. The molecule has 2 N–H and O–H groups in total. The molecule has 1 atom stereocenters. The maximum absolute atomic E-state index is 12.7. The lowest BCUT2D eigenvalue weighted by molar-refractivity contribution is -0.117. The van der Waals surface area contributed by atoms with Gasteiger partial charge in [-0.25, -0.2) is 0 Å². The predicted octanol–water partition coefficient (Wildman–Crippen LogP) is 3.87. The van der Waals surface area contributed by atoms with Gasteiger partial charge in [-0.2, -0.15) is 0 Å².